The van der Waals surface area contributed by atoms with Crippen LogP contribution in [-0.2, 0) is 9.47 Å². The van der Waals surface area contributed by atoms with Crippen LogP contribution in [0.15, 0.2) is 18.2 Å². The minimum absolute atomic E-state index is 0.00472. The van der Waals surface area contributed by atoms with Crippen molar-refractivity contribution in [2.45, 2.75) is 52.7 Å². The monoisotopic (exact) mass is 326 g/mol. The second kappa shape index (κ2) is 6.44. The number of amides is 2. The predicted molar refractivity (Wildman–Crippen MR) is 85.8 cm³/mol. The zero-order valence-electron chi connectivity index (χ0n) is 14.3. The molecule has 0 bridgehead atoms. The van der Waals surface area contributed by atoms with Crippen molar-refractivity contribution in [3.05, 3.63) is 24.0 Å². The number of halogens is 1. The number of hydrogen-bond donors (Lipinski definition) is 1. The fourth-order valence-electron chi connectivity index (χ4n) is 1.62. The van der Waals surface area contributed by atoms with Gasteiger partial charge in [-0.15, -0.1) is 0 Å². The average Bonchev–Trinajstić information content (AvgIpc) is 2.27. The molecule has 0 fully saturated rings. The molecule has 128 valence electrons. The van der Waals surface area contributed by atoms with E-state index in [2.05, 4.69) is 0 Å². The van der Waals surface area contributed by atoms with Crippen LogP contribution in [0, 0.1) is 5.82 Å². The maximum Gasteiger partial charge on any atom is 0.424 e. The van der Waals surface area contributed by atoms with E-state index in [0.717, 1.165) is 12.1 Å². The molecule has 0 spiro atoms. The molecular formula is C16H23FN2O4. The van der Waals surface area contributed by atoms with Crippen LogP contribution in [0.4, 0.5) is 25.4 Å². The Bertz CT molecular complexity index is 575. The van der Waals surface area contributed by atoms with Crippen LogP contribution in [0.2, 0.25) is 0 Å². The number of imide groups is 1. The predicted octanol–water partition coefficient (Wildman–Crippen LogP) is 4.08. The molecular weight excluding hydrogens is 303 g/mol. The Morgan fingerprint density at radius 2 is 1.43 bits per heavy atom. The van der Waals surface area contributed by atoms with Crippen molar-refractivity contribution in [3.63, 3.8) is 0 Å². The summed E-state index contributed by atoms with van der Waals surface area (Å²) in [5.41, 5.74) is 3.99. The van der Waals surface area contributed by atoms with Crippen LogP contribution in [0.5, 0.6) is 0 Å². The van der Waals surface area contributed by atoms with Gasteiger partial charge in [-0.3, -0.25) is 0 Å². The first-order chi connectivity index (χ1) is 10.3. The van der Waals surface area contributed by atoms with Crippen LogP contribution in [0.3, 0.4) is 0 Å². The van der Waals surface area contributed by atoms with Crippen molar-refractivity contribution >= 4 is 23.6 Å². The Morgan fingerprint density at radius 1 is 1.00 bits per heavy atom. The number of benzene rings is 1. The summed E-state index contributed by atoms with van der Waals surface area (Å²) in [6, 6.07) is 3.32. The highest BCUT2D eigenvalue weighted by Gasteiger charge is 2.33. The van der Waals surface area contributed by atoms with E-state index in [9.17, 15) is 14.0 Å². The second-order valence-corrected chi connectivity index (χ2v) is 7.00. The summed E-state index contributed by atoms with van der Waals surface area (Å²) in [7, 11) is 0. The number of carbonyl (C=O) groups is 2. The first-order valence-electron chi connectivity index (χ1n) is 7.11. The molecule has 1 rings (SSSR count). The Balaban J connectivity index is 3.25. The zero-order valence-corrected chi connectivity index (χ0v) is 14.3. The van der Waals surface area contributed by atoms with Gasteiger partial charge in [0.25, 0.3) is 0 Å². The number of nitrogens with zero attached hydrogens (tertiary/aromatic N) is 1. The summed E-state index contributed by atoms with van der Waals surface area (Å²) < 4.78 is 23.6. The molecule has 1 aromatic rings. The highest BCUT2D eigenvalue weighted by atomic mass is 19.1. The van der Waals surface area contributed by atoms with Gasteiger partial charge in [-0.1, -0.05) is 0 Å². The number of hydrogen-bond acceptors (Lipinski definition) is 5. The van der Waals surface area contributed by atoms with Crippen molar-refractivity contribution in [3.8, 4) is 0 Å². The lowest BCUT2D eigenvalue weighted by atomic mass is 10.2. The largest absolute Gasteiger partial charge is 0.443 e. The van der Waals surface area contributed by atoms with Crippen molar-refractivity contribution in [1.82, 2.24) is 0 Å². The van der Waals surface area contributed by atoms with E-state index in [0.29, 0.717) is 4.90 Å². The fraction of sp³-hybridized carbons (Fsp3) is 0.500. The first-order valence-corrected chi connectivity index (χ1v) is 7.11. The molecule has 7 heteroatoms. The number of nitrogens with two attached hydrogens (primary N) is 1. The lowest BCUT2D eigenvalue weighted by molar-refractivity contribution is 0.0431. The third kappa shape index (κ3) is 5.77. The molecule has 0 heterocycles. The Hall–Kier alpha value is -2.31. The highest BCUT2D eigenvalue weighted by Crippen LogP contribution is 2.27. The van der Waals surface area contributed by atoms with E-state index in [-0.39, 0.29) is 11.4 Å². The highest BCUT2D eigenvalue weighted by molar-refractivity contribution is 6.11. The Labute approximate surface area is 135 Å². The average molecular weight is 326 g/mol. The summed E-state index contributed by atoms with van der Waals surface area (Å²) >= 11 is 0. The molecule has 0 saturated heterocycles. The summed E-state index contributed by atoms with van der Waals surface area (Å²) in [4.78, 5) is 25.4. The second-order valence-electron chi connectivity index (χ2n) is 7.00. The molecule has 2 N–H and O–H groups in total. The van der Waals surface area contributed by atoms with Crippen LogP contribution in [0.1, 0.15) is 41.5 Å². The van der Waals surface area contributed by atoms with E-state index in [1.54, 1.807) is 41.5 Å². The van der Waals surface area contributed by atoms with Gasteiger partial charge in [-0.25, -0.2) is 14.0 Å². The molecule has 0 radical (unpaired) electrons. The molecule has 0 atom stereocenters. The molecule has 6 nitrogen and oxygen atoms in total. The molecule has 0 aliphatic carbocycles. The van der Waals surface area contributed by atoms with Gasteiger partial charge in [-0.2, -0.15) is 4.90 Å². The molecule has 0 aliphatic rings. The van der Waals surface area contributed by atoms with E-state index < -0.39 is 29.2 Å². The summed E-state index contributed by atoms with van der Waals surface area (Å²) in [5, 5.41) is 0. The van der Waals surface area contributed by atoms with Crippen molar-refractivity contribution in [1.29, 1.82) is 0 Å². The quantitative estimate of drug-likeness (QED) is 0.786. The first kappa shape index (κ1) is 18.7. The molecule has 0 aliphatic heterocycles. The SMILES string of the molecule is CC(C)(C)OC(=O)N(C(=O)OC(C)(C)C)c1ccc(F)cc1N. The molecule has 0 aromatic heterocycles. The third-order valence-electron chi connectivity index (χ3n) is 2.38. The molecule has 2 amide bonds. The molecule has 23 heavy (non-hydrogen) atoms. The van der Waals surface area contributed by atoms with Crippen molar-refractivity contribution < 1.29 is 23.5 Å². The lowest BCUT2D eigenvalue weighted by Crippen LogP contribution is -2.44. The number of ether oxygens (including phenoxy) is 2. The van der Waals surface area contributed by atoms with Crippen molar-refractivity contribution in [2.24, 2.45) is 0 Å². The van der Waals surface area contributed by atoms with Crippen molar-refractivity contribution in [2.75, 3.05) is 10.6 Å². The summed E-state index contributed by atoms with van der Waals surface area (Å²) in [5.74, 6) is -0.584. The van der Waals surface area contributed by atoms with E-state index in [1.807, 2.05) is 0 Å². The third-order valence-corrected chi connectivity index (χ3v) is 2.38. The van der Waals surface area contributed by atoms with Gasteiger partial charge in [-0.05, 0) is 59.7 Å². The zero-order chi connectivity index (χ0) is 18.0. The van der Waals surface area contributed by atoms with Crippen LogP contribution >= 0.6 is 0 Å². The standard InChI is InChI=1S/C16H23FN2O4/c1-15(2,3)22-13(20)19(14(21)23-16(4,5)6)12-8-7-10(17)9-11(12)18/h7-9H,18H2,1-6H3. The van der Waals surface area contributed by atoms with Crippen LogP contribution in [0.25, 0.3) is 0 Å². The maximum atomic E-state index is 13.2. The van der Waals surface area contributed by atoms with Gasteiger partial charge >= 0.3 is 12.2 Å². The number of anilines is 2. The smallest absolute Gasteiger partial charge is 0.424 e. The molecule has 0 saturated carbocycles. The maximum absolute atomic E-state index is 13.2. The van der Waals surface area contributed by atoms with Gasteiger partial charge in [0.2, 0.25) is 0 Å². The lowest BCUT2D eigenvalue weighted by Gasteiger charge is -2.29. The van der Waals surface area contributed by atoms with E-state index in [4.69, 9.17) is 15.2 Å². The molecule has 1 aromatic carbocycles. The minimum Gasteiger partial charge on any atom is -0.443 e. The van der Waals surface area contributed by atoms with E-state index >= 15 is 0 Å². The van der Waals surface area contributed by atoms with Gasteiger partial charge < -0.3 is 15.2 Å². The number of rotatable bonds is 1. The number of carbonyl (C=O) groups excluding carboxylic acids is 2. The summed E-state index contributed by atoms with van der Waals surface area (Å²) in [6.07, 6.45) is -1.91. The Morgan fingerprint density at radius 3 is 1.78 bits per heavy atom. The van der Waals surface area contributed by atoms with E-state index in [1.165, 1.54) is 6.07 Å². The fourth-order valence-corrected chi connectivity index (χ4v) is 1.62. The summed E-state index contributed by atoms with van der Waals surface area (Å²) in [6.45, 7) is 9.95. The van der Waals surface area contributed by atoms with Gasteiger partial charge in [0.15, 0.2) is 0 Å². The van der Waals surface area contributed by atoms with Gasteiger partial charge in [0, 0.05) is 0 Å². The van der Waals surface area contributed by atoms with Gasteiger partial charge in [0.05, 0.1) is 11.4 Å². The van der Waals surface area contributed by atoms with Crippen LogP contribution < -0.4 is 10.6 Å². The minimum atomic E-state index is -0.954. The topological polar surface area (TPSA) is 81.9 Å². The normalized spacial score (nSPS) is 11.8. The Kier molecular flexibility index (Phi) is 5.24. The van der Waals surface area contributed by atoms with Gasteiger partial charge in [0.1, 0.15) is 17.0 Å². The molecule has 0 unspecified atom stereocenters. The number of nitrogen functional groups attached to an aromatic ring is 1. The van der Waals surface area contributed by atoms with Crippen LogP contribution in [-0.4, -0.2) is 23.4 Å².